The molecule has 0 N–H and O–H groups in total. The summed E-state index contributed by atoms with van der Waals surface area (Å²) in [6.07, 6.45) is 8.59. The first-order valence-corrected chi connectivity index (χ1v) is 7.20. The van der Waals surface area contributed by atoms with Crippen LogP contribution < -0.4 is 0 Å². The van der Waals surface area contributed by atoms with E-state index in [1.54, 1.807) is 0 Å². The SMILES string of the molecule is CCC.CN1CCN(C2CCCCC2)CC1. The summed E-state index contributed by atoms with van der Waals surface area (Å²) in [4.78, 5) is 5.17. The van der Waals surface area contributed by atoms with Gasteiger partial charge in [-0.2, -0.15) is 0 Å². The Hall–Kier alpha value is -0.0800. The van der Waals surface area contributed by atoms with E-state index in [0.29, 0.717) is 0 Å². The van der Waals surface area contributed by atoms with Crippen molar-refractivity contribution in [1.82, 2.24) is 9.80 Å². The summed E-state index contributed by atoms with van der Waals surface area (Å²) in [5.74, 6) is 0. The Morgan fingerprint density at radius 3 is 1.88 bits per heavy atom. The monoisotopic (exact) mass is 226 g/mol. The Kier molecular flexibility index (Phi) is 7.06. The highest BCUT2D eigenvalue weighted by Gasteiger charge is 2.23. The molecule has 0 aromatic carbocycles. The van der Waals surface area contributed by atoms with Gasteiger partial charge in [0.05, 0.1) is 0 Å². The summed E-state index contributed by atoms with van der Waals surface area (Å²) in [5, 5.41) is 0. The van der Waals surface area contributed by atoms with Gasteiger partial charge in [-0.25, -0.2) is 0 Å². The molecule has 2 heteroatoms. The molecule has 2 aliphatic rings. The summed E-state index contributed by atoms with van der Waals surface area (Å²) < 4.78 is 0. The third-order valence-corrected chi connectivity index (χ3v) is 3.63. The Morgan fingerprint density at radius 2 is 1.38 bits per heavy atom. The first-order chi connectivity index (χ1) is 7.77. The first-order valence-electron chi connectivity index (χ1n) is 7.20. The molecule has 0 amide bonds. The molecule has 16 heavy (non-hydrogen) atoms. The Balaban J connectivity index is 0.000000386. The Morgan fingerprint density at radius 1 is 0.875 bits per heavy atom. The quantitative estimate of drug-likeness (QED) is 0.678. The molecule has 1 saturated carbocycles. The normalized spacial score (nSPS) is 24.9. The lowest BCUT2D eigenvalue weighted by Gasteiger charge is -2.39. The molecule has 1 saturated heterocycles. The highest BCUT2D eigenvalue weighted by atomic mass is 15.3. The van der Waals surface area contributed by atoms with Gasteiger partial charge in [0.15, 0.2) is 0 Å². The minimum absolute atomic E-state index is 0.933. The minimum Gasteiger partial charge on any atom is -0.304 e. The second-order valence-electron chi connectivity index (χ2n) is 5.34. The average molecular weight is 226 g/mol. The number of likely N-dealkylation sites (N-methyl/N-ethyl adjacent to an activating group) is 1. The van der Waals surface area contributed by atoms with Gasteiger partial charge in [0, 0.05) is 32.2 Å². The van der Waals surface area contributed by atoms with Crippen molar-refractivity contribution in [3.63, 3.8) is 0 Å². The summed E-state index contributed by atoms with van der Waals surface area (Å²) in [6.45, 7) is 9.41. The van der Waals surface area contributed by atoms with Gasteiger partial charge in [-0.1, -0.05) is 39.5 Å². The molecule has 2 rings (SSSR count). The number of hydrogen-bond donors (Lipinski definition) is 0. The van der Waals surface area contributed by atoms with E-state index in [2.05, 4.69) is 30.7 Å². The van der Waals surface area contributed by atoms with Crippen molar-refractivity contribution < 1.29 is 0 Å². The zero-order valence-corrected chi connectivity index (χ0v) is 11.5. The molecule has 96 valence electrons. The van der Waals surface area contributed by atoms with Crippen molar-refractivity contribution in [3.8, 4) is 0 Å². The number of rotatable bonds is 1. The highest BCUT2D eigenvalue weighted by molar-refractivity contribution is 4.79. The summed E-state index contributed by atoms with van der Waals surface area (Å²) in [5.41, 5.74) is 0. The number of hydrogen-bond acceptors (Lipinski definition) is 2. The van der Waals surface area contributed by atoms with E-state index < -0.39 is 0 Å². The van der Waals surface area contributed by atoms with Crippen LogP contribution in [0.4, 0.5) is 0 Å². The van der Waals surface area contributed by atoms with Gasteiger partial charge in [-0.15, -0.1) is 0 Å². The second-order valence-corrected chi connectivity index (χ2v) is 5.34. The van der Waals surface area contributed by atoms with Crippen LogP contribution in [-0.4, -0.2) is 49.1 Å². The van der Waals surface area contributed by atoms with Crippen LogP contribution in [0.2, 0.25) is 0 Å². The van der Waals surface area contributed by atoms with Gasteiger partial charge in [-0.3, -0.25) is 4.90 Å². The maximum atomic E-state index is 2.72. The fourth-order valence-corrected chi connectivity index (χ4v) is 2.63. The van der Waals surface area contributed by atoms with Gasteiger partial charge in [0.25, 0.3) is 0 Å². The molecule has 1 aliphatic carbocycles. The molecule has 0 aromatic rings. The van der Waals surface area contributed by atoms with Crippen LogP contribution in [-0.2, 0) is 0 Å². The largest absolute Gasteiger partial charge is 0.304 e. The first kappa shape index (κ1) is 14.0. The summed E-state index contributed by atoms with van der Waals surface area (Å²) in [6, 6.07) is 0.933. The van der Waals surface area contributed by atoms with E-state index in [0.717, 1.165) is 6.04 Å². The third-order valence-electron chi connectivity index (χ3n) is 3.63. The zero-order valence-electron chi connectivity index (χ0n) is 11.5. The molecule has 2 fully saturated rings. The smallest absolute Gasteiger partial charge is 0.0113 e. The van der Waals surface area contributed by atoms with E-state index in [4.69, 9.17) is 0 Å². The van der Waals surface area contributed by atoms with E-state index in [1.807, 2.05) is 0 Å². The van der Waals surface area contributed by atoms with E-state index >= 15 is 0 Å². The van der Waals surface area contributed by atoms with E-state index in [1.165, 1.54) is 64.7 Å². The van der Waals surface area contributed by atoms with Crippen LogP contribution in [0, 0.1) is 0 Å². The van der Waals surface area contributed by atoms with Crippen molar-refractivity contribution in [2.24, 2.45) is 0 Å². The molecular weight excluding hydrogens is 196 g/mol. The lowest BCUT2D eigenvalue weighted by molar-refractivity contribution is 0.0913. The van der Waals surface area contributed by atoms with Gasteiger partial charge in [-0.05, 0) is 19.9 Å². The van der Waals surface area contributed by atoms with Crippen molar-refractivity contribution in [3.05, 3.63) is 0 Å². The van der Waals surface area contributed by atoms with Gasteiger partial charge >= 0.3 is 0 Å². The van der Waals surface area contributed by atoms with Crippen LogP contribution in [0.15, 0.2) is 0 Å². The van der Waals surface area contributed by atoms with Crippen LogP contribution in [0.25, 0.3) is 0 Å². The van der Waals surface area contributed by atoms with Crippen LogP contribution in [0.5, 0.6) is 0 Å². The standard InChI is InChI=1S/C11H22N2.C3H8/c1-12-7-9-13(10-8-12)11-5-3-2-4-6-11;1-3-2/h11H,2-10H2,1H3;3H2,1-2H3. The molecule has 1 heterocycles. The minimum atomic E-state index is 0.933. The van der Waals surface area contributed by atoms with Crippen molar-refractivity contribution in [1.29, 1.82) is 0 Å². The van der Waals surface area contributed by atoms with Crippen molar-refractivity contribution in [2.75, 3.05) is 33.2 Å². The van der Waals surface area contributed by atoms with E-state index in [9.17, 15) is 0 Å². The van der Waals surface area contributed by atoms with Gasteiger partial charge in [0.1, 0.15) is 0 Å². The molecule has 0 unspecified atom stereocenters. The topological polar surface area (TPSA) is 6.48 Å². The molecular formula is C14H30N2. The van der Waals surface area contributed by atoms with Gasteiger partial charge in [0.2, 0.25) is 0 Å². The number of nitrogens with zero attached hydrogens (tertiary/aromatic N) is 2. The molecule has 0 atom stereocenters. The van der Waals surface area contributed by atoms with E-state index in [-0.39, 0.29) is 0 Å². The lowest BCUT2D eigenvalue weighted by Crippen LogP contribution is -2.49. The molecule has 0 radical (unpaired) electrons. The molecule has 1 aliphatic heterocycles. The maximum absolute atomic E-state index is 2.72. The fourth-order valence-electron chi connectivity index (χ4n) is 2.63. The molecule has 0 spiro atoms. The van der Waals surface area contributed by atoms with Crippen LogP contribution >= 0.6 is 0 Å². The summed E-state index contributed by atoms with van der Waals surface area (Å²) >= 11 is 0. The highest BCUT2D eigenvalue weighted by Crippen LogP contribution is 2.23. The van der Waals surface area contributed by atoms with Crippen LogP contribution in [0.1, 0.15) is 52.4 Å². The van der Waals surface area contributed by atoms with Crippen LogP contribution in [0.3, 0.4) is 0 Å². The van der Waals surface area contributed by atoms with Crippen molar-refractivity contribution >= 4 is 0 Å². The third kappa shape index (κ3) is 4.84. The molecule has 0 aromatic heterocycles. The fraction of sp³-hybridized carbons (Fsp3) is 1.00. The predicted molar refractivity (Wildman–Crippen MR) is 71.9 cm³/mol. The average Bonchev–Trinajstić information content (AvgIpc) is 2.32. The van der Waals surface area contributed by atoms with Crippen molar-refractivity contribution in [2.45, 2.75) is 58.4 Å². The maximum Gasteiger partial charge on any atom is 0.0113 e. The molecule has 0 bridgehead atoms. The zero-order chi connectivity index (χ0) is 11.8. The predicted octanol–water partition coefficient (Wildman–Crippen LogP) is 2.98. The second kappa shape index (κ2) is 8.08. The molecule has 2 nitrogen and oxygen atoms in total. The lowest BCUT2D eigenvalue weighted by atomic mass is 9.94. The Labute approximate surface area is 102 Å². The van der Waals surface area contributed by atoms with Gasteiger partial charge < -0.3 is 4.90 Å². The number of piperazine rings is 1. The Bertz CT molecular complexity index is 156. The summed E-state index contributed by atoms with van der Waals surface area (Å²) in [7, 11) is 2.23.